The first kappa shape index (κ1) is 18.4. The summed E-state index contributed by atoms with van der Waals surface area (Å²) in [6, 6.07) is 14.2. The number of nitro benzene ring substituents is 1. The van der Waals surface area contributed by atoms with Crippen molar-refractivity contribution in [1.29, 1.82) is 0 Å². The smallest absolute Gasteiger partial charge is 0.269 e. The Morgan fingerprint density at radius 2 is 1.72 bits per heavy atom. The summed E-state index contributed by atoms with van der Waals surface area (Å²) < 4.78 is 0. The third-order valence-corrected chi connectivity index (χ3v) is 3.96. The number of nitrogens with zero attached hydrogens (tertiary/aromatic N) is 2. The second-order valence-electron chi connectivity index (χ2n) is 6.08. The number of carbonyl (C=O) groups excluding carboxylic acids is 1. The largest absolute Gasteiger partial charge is 0.369 e. The molecule has 25 heavy (non-hydrogen) atoms. The van der Waals surface area contributed by atoms with Gasteiger partial charge < -0.3 is 10.2 Å². The lowest BCUT2D eigenvalue weighted by molar-refractivity contribution is -0.384. The summed E-state index contributed by atoms with van der Waals surface area (Å²) in [4.78, 5) is 24.6. The molecule has 0 heterocycles. The second kappa shape index (κ2) is 8.28. The van der Waals surface area contributed by atoms with Gasteiger partial charge in [-0.05, 0) is 50.6 Å². The number of nitrogens with one attached hydrogen (secondary N) is 1. The Bertz CT molecular complexity index is 725. The molecule has 2 rings (SSSR count). The lowest BCUT2D eigenvalue weighted by Gasteiger charge is -2.27. The van der Waals surface area contributed by atoms with Gasteiger partial charge in [-0.3, -0.25) is 14.9 Å². The van der Waals surface area contributed by atoms with E-state index in [0.29, 0.717) is 6.04 Å². The second-order valence-corrected chi connectivity index (χ2v) is 6.08. The van der Waals surface area contributed by atoms with Crippen molar-refractivity contribution in [2.75, 3.05) is 16.8 Å². The molecule has 2 aromatic carbocycles. The van der Waals surface area contributed by atoms with Crippen molar-refractivity contribution < 1.29 is 9.72 Å². The highest BCUT2D eigenvalue weighted by Gasteiger charge is 2.10. The van der Waals surface area contributed by atoms with Crippen LogP contribution in [0.4, 0.5) is 17.1 Å². The van der Waals surface area contributed by atoms with Crippen molar-refractivity contribution in [1.82, 2.24) is 0 Å². The van der Waals surface area contributed by atoms with Crippen molar-refractivity contribution in [2.24, 2.45) is 0 Å². The molecule has 0 radical (unpaired) electrons. The Kier molecular flexibility index (Phi) is 6.11. The molecule has 0 unspecified atom stereocenters. The van der Waals surface area contributed by atoms with Gasteiger partial charge in [0.25, 0.3) is 5.69 Å². The first-order chi connectivity index (χ1) is 11.9. The van der Waals surface area contributed by atoms with E-state index < -0.39 is 4.92 Å². The molecular weight excluding hydrogens is 318 g/mol. The topological polar surface area (TPSA) is 75.5 Å². The molecule has 0 aliphatic carbocycles. The van der Waals surface area contributed by atoms with E-state index in [9.17, 15) is 14.9 Å². The Hall–Kier alpha value is -2.89. The Labute approximate surface area is 147 Å². The van der Waals surface area contributed by atoms with Gasteiger partial charge in [-0.25, -0.2) is 0 Å². The van der Waals surface area contributed by atoms with Crippen LogP contribution in [0.5, 0.6) is 0 Å². The fourth-order valence-electron chi connectivity index (χ4n) is 2.71. The summed E-state index contributed by atoms with van der Waals surface area (Å²) in [5, 5.41) is 13.5. The third-order valence-electron chi connectivity index (χ3n) is 3.96. The summed E-state index contributed by atoms with van der Waals surface area (Å²) >= 11 is 0. The van der Waals surface area contributed by atoms with Crippen molar-refractivity contribution in [3.63, 3.8) is 0 Å². The summed E-state index contributed by atoms with van der Waals surface area (Å²) in [5.41, 5.74) is 2.60. The lowest BCUT2D eigenvalue weighted by Crippen LogP contribution is -2.30. The van der Waals surface area contributed by atoms with E-state index in [1.807, 2.05) is 24.3 Å². The minimum Gasteiger partial charge on any atom is -0.369 e. The van der Waals surface area contributed by atoms with E-state index in [2.05, 4.69) is 31.0 Å². The maximum absolute atomic E-state index is 12.1. The van der Waals surface area contributed by atoms with Crippen LogP contribution in [-0.4, -0.2) is 23.4 Å². The summed E-state index contributed by atoms with van der Waals surface area (Å²) in [6.45, 7) is 7.32. The predicted octanol–water partition coefficient (Wildman–Crippen LogP) is 4.01. The number of hydrogen-bond donors (Lipinski definition) is 1. The zero-order chi connectivity index (χ0) is 18.4. The molecule has 0 saturated carbocycles. The van der Waals surface area contributed by atoms with Crippen molar-refractivity contribution in [3.05, 3.63) is 64.2 Å². The van der Waals surface area contributed by atoms with Crippen LogP contribution < -0.4 is 10.2 Å². The summed E-state index contributed by atoms with van der Waals surface area (Å²) in [6.07, 6.45) is 0.173. The van der Waals surface area contributed by atoms with Gasteiger partial charge in [0.2, 0.25) is 5.91 Å². The van der Waals surface area contributed by atoms with Crippen LogP contribution in [0.15, 0.2) is 48.5 Å². The molecule has 0 bridgehead atoms. The molecule has 6 nitrogen and oxygen atoms in total. The van der Waals surface area contributed by atoms with Crippen LogP contribution in [0.3, 0.4) is 0 Å². The van der Waals surface area contributed by atoms with Gasteiger partial charge in [-0.15, -0.1) is 0 Å². The van der Waals surface area contributed by atoms with Gasteiger partial charge in [0.05, 0.1) is 11.3 Å². The minimum atomic E-state index is -0.456. The van der Waals surface area contributed by atoms with E-state index in [-0.39, 0.29) is 18.0 Å². The zero-order valence-corrected chi connectivity index (χ0v) is 14.7. The number of carbonyl (C=O) groups is 1. The van der Waals surface area contributed by atoms with E-state index in [0.717, 1.165) is 23.5 Å². The van der Waals surface area contributed by atoms with Crippen LogP contribution in [-0.2, 0) is 11.2 Å². The molecule has 1 amide bonds. The Balaban J connectivity index is 1.97. The molecule has 1 N–H and O–H groups in total. The van der Waals surface area contributed by atoms with Crippen LogP contribution >= 0.6 is 0 Å². The van der Waals surface area contributed by atoms with Crippen LogP contribution in [0.2, 0.25) is 0 Å². The van der Waals surface area contributed by atoms with Gasteiger partial charge >= 0.3 is 0 Å². The van der Waals surface area contributed by atoms with E-state index >= 15 is 0 Å². The lowest BCUT2D eigenvalue weighted by atomic mass is 10.1. The number of nitro groups is 1. The fourth-order valence-corrected chi connectivity index (χ4v) is 2.71. The highest BCUT2D eigenvalue weighted by Crippen LogP contribution is 2.20. The summed E-state index contributed by atoms with van der Waals surface area (Å²) in [7, 11) is 0. The maximum Gasteiger partial charge on any atom is 0.269 e. The van der Waals surface area contributed by atoms with Gasteiger partial charge in [0.15, 0.2) is 0 Å². The van der Waals surface area contributed by atoms with Gasteiger partial charge in [0.1, 0.15) is 0 Å². The third kappa shape index (κ3) is 5.04. The van der Waals surface area contributed by atoms with E-state index in [1.165, 1.54) is 12.1 Å². The molecule has 0 spiro atoms. The van der Waals surface area contributed by atoms with Crippen LogP contribution in [0, 0.1) is 10.1 Å². The highest BCUT2D eigenvalue weighted by molar-refractivity contribution is 5.92. The number of non-ortho nitro benzene ring substituents is 1. The highest BCUT2D eigenvalue weighted by atomic mass is 16.6. The van der Waals surface area contributed by atoms with E-state index in [1.54, 1.807) is 12.1 Å². The molecule has 0 aromatic heterocycles. The van der Waals surface area contributed by atoms with Crippen LogP contribution in [0.25, 0.3) is 0 Å². The molecular formula is C19H23N3O3. The number of amides is 1. The Morgan fingerprint density at radius 3 is 2.20 bits per heavy atom. The first-order valence-electron chi connectivity index (χ1n) is 8.30. The van der Waals surface area contributed by atoms with Crippen molar-refractivity contribution in [2.45, 2.75) is 33.2 Å². The first-order valence-corrected chi connectivity index (χ1v) is 8.30. The van der Waals surface area contributed by atoms with Gasteiger partial charge in [-0.1, -0.05) is 12.1 Å². The SMILES string of the molecule is CCN(c1ccc(NC(=O)Cc2ccc([N+](=O)[O-])cc2)cc1)C(C)C. The molecule has 132 valence electrons. The number of benzene rings is 2. The fraction of sp³-hybridized carbons (Fsp3) is 0.316. The summed E-state index contributed by atoms with van der Waals surface area (Å²) in [5.74, 6) is -0.155. The average molecular weight is 341 g/mol. The van der Waals surface area contributed by atoms with Gasteiger partial charge in [0, 0.05) is 36.1 Å². The van der Waals surface area contributed by atoms with Crippen molar-refractivity contribution in [3.8, 4) is 0 Å². The quantitative estimate of drug-likeness (QED) is 0.610. The zero-order valence-electron chi connectivity index (χ0n) is 14.7. The van der Waals surface area contributed by atoms with Crippen molar-refractivity contribution >= 4 is 23.0 Å². The monoisotopic (exact) mass is 341 g/mol. The standard InChI is InChI=1S/C19H23N3O3/c1-4-21(14(2)3)17-11-7-16(8-12-17)20-19(23)13-15-5-9-18(10-6-15)22(24)25/h5-12,14H,4,13H2,1-3H3,(H,20,23). The molecule has 6 heteroatoms. The molecule has 0 aliphatic heterocycles. The normalized spacial score (nSPS) is 10.6. The maximum atomic E-state index is 12.1. The van der Waals surface area contributed by atoms with Crippen LogP contribution in [0.1, 0.15) is 26.3 Å². The molecule has 2 aromatic rings. The van der Waals surface area contributed by atoms with E-state index in [4.69, 9.17) is 0 Å². The number of rotatable bonds is 7. The molecule has 0 aliphatic rings. The molecule has 0 saturated heterocycles. The molecule has 0 atom stereocenters. The Morgan fingerprint density at radius 1 is 1.12 bits per heavy atom. The predicted molar refractivity (Wildman–Crippen MR) is 100 cm³/mol. The molecule has 0 fully saturated rings. The minimum absolute atomic E-state index is 0.0189. The van der Waals surface area contributed by atoms with Gasteiger partial charge in [-0.2, -0.15) is 0 Å². The number of hydrogen-bond acceptors (Lipinski definition) is 4. The average Bonchev–Trinajstić information content (AvgIpc) is 2.57. The number of anilines is 2.